The molecule has 0 saturated heterocycles. The second-order valence-electron chi connectivity index (χ2n) is 9.12. The summed E-state index contributed by atoms with van der Waals surface area (Å²) in [6, 6.07) is 3.43. The Balaban J connectivity index is 1.34. The van der Waals surface area contributed by atoms with Gasteiger partial charge in [-0.3, -0.25) is 14.6 Å². The topological polar surface area (TPSA) is 91.3 Å². The Labute approximate surface area is 160 Å². The van der Waals surface area contributed by atoms with Crippen LogP contribution in [0.5, 0.6) is 0 Å². The molecule has 4 atom stereocenters. The van der Waals surface area contributed by atoms with E-state index in [1.807, 2.05) is 0 Å². The van der Waals surface area contributed by atoms with Crippen LogP contribution in [0.1, 0.15) is 62.2 Å². The van der Waals surface area contributed by atoms with Gasteiger partial charge < -0.3 is 15.7 Å². The number of nitrogens with one attached hydrogen (secondary N) is 2. The maximum atomic E-state index is 13.1. The maximum Gasteiger partial charge on any atom is 0.252 e. The highest BCUT2D eigenvalue weighted by Gasteiger charge is 2.64. The first-order valence-electron chi connectivity index (χ1n) is 10.1. The zero-order valence-electron chi connectivity index (χ0n) is 16.0. The number of hydrogen-bond donors (Lipinski definition) is 3. The fourth-order valence-electron chi connectivity index (χ4n) is 6.37. The van der Waals surface area contributed by atoms with Crippen molar-refractivity contribution in [1.82, 2.24) is 15.6 Å². The lowest BCUT2D eigenvalue weighted by molar-refractivity contribution is -0.204. The zero-order valence-corrected chi connectivity index (χ0v) is 16.0. The first kappa shape index (κ1) is 18.4. The van der Waals surface area contributed by atoms with Gasteiger partial charge in [0.2, 0.25) is 5.91 Å². The largest absolute Gasteiger partial charge is 0.390 e. The summed E-state index contributed by atoms with van der Waals surface area (Å²) in [4.78, 5) is 29.0. The average Bonchev–Trinajstić information content (AvgIpc) is 2.63. The summed E-state index contributed by atoms with van der Waals surface area (Å²) >= 11 is 0. The van der Waals surface area contributed by atoms with Crippen LogP contribution in [0.25, 0.3) is 0 Å². The summed E-state index contributed by atoms with van der Waals surface area (Å²) < 4.78 is 0. The van der Waals surface area contributed by atoms with E-state index in [1.165, 1.54) is 6.20 Å². The minimum Gasteiger partial charge on any atom is -0.390 e. The molecule has 2 amide bonds. The van der Waals surface area contributed by atoms with Gasteiger partial charge in [0, 0.05) is 25.5 Å². The van der Waals surface area contributed by atoms with E-state index in [0.29, 0.717) is 31.0 Å². The molecule has 6 nitrogen and oxygen atoms in total. The first-order chi connectivity index (χ1) is 12.9. The van der Waals surface area contributed by atoms with E-state index in [2.05, 4.69) is 22.5 Å². The zero-order chi connectivity index (χ0) is 19.1. The van der Waals surface area contributed by atoms with Crippen molar-refractivity contribution in [2.24, 2.45) is 16.7 Å². The van der Waals surface area contributed by atoms with Gasteiger partial charge in [-0.15, -0.1) is 0 Å². The Morgan fingerprint density at radius 2 is 2.00 bits per heavy atom. The molecule has 4 aliphatic rings. The molecular formula is C21H29N3O3. The van der Waals surface area contributed by atoms with Crippen molar-refractivity contribution in [3.05, 3.63) is 30.1 Å². The number of carbonyl (C=O) groups is 2. The van der Waals surface area contributed by atoms with Gasteiger partial charge >= 0.3 is 0 Å². The van der Waals surface area contributed by atoms with E-state index in [4.69, 9.17) is 0 Å². The molecule has 0 unspecified atom stereocenters. The molecule has 3 N–H and O–H groups in total. The van der Waals surface area contributed by atoms with Crippen molar-refractivity contribution in [2.45, 2.75) is 57.5 Å². The van der Waals surface area contributed by atoms with E-state index < -0.39 is 11.0 Å². The second kappa shape index (κ2) is 6.59. The third-order valence-corrected chi connectivity index (χ3v) is 7.01. The van der Waals surface area contributed by atoms with Gasteiger partial charge in [-0.05, 0) is 62.0 Å². The number of pyridine rings is 1. The Bertz CT molecular complexity index is 739. The van der Waals surface area contributed by atoms with Crippen molar-refractivity contribution < 1.29 is 14.7 Å². The Kier molecular flexibility index (Phi) is 4.49. The summed E-state index contributed by atoms with van der Waals surface area (Å²) in [5.74, 6) is 0.326. The Hall–Kier alpha value is -1.95. The summed E-state index contributed by atoms with van der Waals surface area (Å²) in [7, 11) is 0. The minimum atomic E-state index is -0.665. The Morgan fingerprint density at radius 3 is 2.70 bits per heavy atom. The van der Waals surface area contributed by atoms with E-state index in [-0.39, 0.29) is 17.2 Å². The van der Waals surface area contributed by atoms with Crippen molar-refractivity contribution in [1.29, 1.82) is 0 Å². The molecule has 1 aromatic heterocycles. The SMILES string of the molecule is CC[C@]12C[C@@H]3C[C@@](O)(C1)C[C@@](C(=O)NCCNC(=O)c1cccnc1)(C3)C2. The number of aromatic nitrogens is 1. The standard InChI is InChI=1S/C21H29N3O3/c1-2-19-8-15-9-20(12-19,14-21(27,10-15)13-19)18(26)24-7-6-23-17(25)16-4-3-5-22-11-16/h3-5,11,15,27H,2,6-10,12-14H2,1H3,(H,23,25)(H,24,26)/t15-,19+,20+,21+/m0/s1. The van der Waals surface area contributed by atoms with Gasteiger partial charge in [-0.2, -0.15) is 0 Å². The van der Waals surface area contributed by atoms with Gasteiger partial charge in [0.1, 0.15) is 0 Å². The highest BCUT2D eigenvalue weighted by molar-refractivity contribution is 5.93. The lowest BCUT2D eigenvalue weighted by atomic mass is 9.42. The number of aliphatic hydroxyl groups is 1. The summed E-state index contributed by atoms with van der Waals surface area (Å²) in [6.45, 7) is 2.97. The molecule has 27 heavy (non-hydrogen) atoms. The van der Waals surface area contributed by atoms with Crippen LogP contribution in [0.2, 0.25) is 0 Å². The molecule has 0 radical (unpaired) electrons. The Morgan fingerprint density at radius 1 is 1.19 bits per heavy atom. The lowest BCUT2D eigenvalue weighted by Gasteiger charge is -2.64. The molecule has 0 aromatic carbocycles. The molecule has 4 aliphatic carbocycles. The van der Waals surface area contributed by atoms with Crippen LogP contribution in [0.15, 0.2) is 24.5 Å². The fourth-order valence-corrected chi connectivity index (χ4v) is 6.37. The molecular weight excluding hydrogens is 342 g/mol. The van der Waals surface area contributed by atoms with Crippen LogP contribution in [0.4, 0.5) is 0 Å². The summed E-state index contributed by atoms with van der Waals surface area (Å²) in [5, 5.41) is 16.9. The summed E-state index contributed by atoms with van der Waals surface area (Å²) in [6.07, 6.45) is 9.41. The van der Waals surface area contributed by atoms with Crippen LogP contribution in [-0.2, 0) is 4.79 Å². The third kappa shape index (κ3) is 3.35. The highest BCUT2D eigenvalue weighted by Crippen LogP contribution is 2.67. The van der Waals surface area contributed by atoms with E-state index in [0.717, 1.165) is 38.5 Å². The maximum absolute atomic E-state index is 13.1. The predicted octanol–water partition coefficient (Wildman–Crippen LogP) is 2.04. The number of hydrogen-bond acceptors (Lipinski definition) is 4. The van der Waals surface area contributed by atoms with E-state index in [9.17, 15) is 14.7 Å². The summed E-state index contributed by atoms with van der Waals surface area (Å²) in [5.41, 5.74) is -0.462. The average molecular weight is 371 g/mol. The number of rotatable bonds is 6. The van der Waals surface area contributed by atoms with Crippen LogP contribution >= 0.6 is 0 Å². The molecule has 1 aromatic rings. The molecule has 4 fully saturated rings. The van der Waals surface area contributed by atoms with Gasteiger partial charge in [0.25, 0.3) is 5.91 Å². The number of carbonyl (C=O) groups excluding carboxylic acids is 2. The fraction of sp³-hybridized carbons (Fsp3) is 0.667. The van der Waals surface area contributed by atoms with Gasteiger partial charge in [-0.25, -0.2) is 0 Å². The van der Waals surface area contributed by atoms with Gasteiger partial charge in [0.05, 0.1) is 16.6 Å². The smallest absolute Gasteiger partial charge is 0.252 e. The van der Waals surface area contributed by atoms with Crippen molar-refractivity contribution in [2.75, 3.05) is 13.1 Å². The number of nitrogens with zero attached hydrogens (tertiary/aromatic N) is 1. The van der Waals surface area contributed by atoms with Gasteiger partial charge in [0.15, 0.2) is 0 Å². The van der Waals surface area contributed by atoms with Crippen LogP contribution in [0.3, 0.4) is 0 Å². The monoisotopic (exact) mass is 371 g/mol. The van der Waals surface area contributed by atoms with Gasteiger partial charge in [-0.1, -0.05) is 13.3 Å². The van der Waals surface area contributed by atoms with Crippen molar-refractivity contribution in [3.8, 4) is 0 Å². The molecule has 6 heteroatoms. The quantitative estimate of drug-likeness (QED) is 0.668. The van der Waals surface area contributed by atoms with E-state index in [1.54, 1.807) is 18.3 Å². The molecule has 0 spiro atoms. The number of amides is 2. The van der Waals surface area contributed by atoms with Crippen molar-refractivity contribution in [3.63, 3.8) is 0 Å². The molecule has 4 bridgehead atoms. The first-order valence-corrected chi connectivity index (χ1v) is 10.1. The second-order valence-corrected chi connectivity index (χ2v) is 9.12. The van der Waals surface area contributed by atoms with E-state index >= 15 is 0 Å². The predicted molar refractivity (Wildman–Crippen MR) is 101 cm³/mol. The molecule has 4 saturated carbocycles. The normalized spacial score (nSPS) is 36.4. The minimum absolute atomic E-state index is 0.0541. The van der Waals surface area contributed by atoms with Crippen LogP contribution in [0, 0.1) is 16.7 Å². The molecule has 0 aliphatic heterocycles. The van der Waals surface area contributed by atoms with Crippen LogP contribution < -0.4 is 10.6 Å². The lowest BCUT2D eigenvalue weighted by Crippen LogP contribution is -2.64. The van der Waals surface area contributed by atoms with Crippen molar-refractivity contribution >= 4 is 11.8 Å². The molecule has 146 valence electrons. The highest BCUT2D eigenvalue weighted by atomic mass is 16.3. The molecule has 5 rings (SSSR count). The third-order valence-electron chi connectivity index (χ3n) is 7.01. The molecule has 1 heterocycles. The van der Waals surface area contributed by atoms with Crippen LogP contribution in [-0.4, -0.2) is 40.6 Å².